The molecule has 1 heterocycles. The molecule has 1 aliphatic heterocycles. The fourth-order valence-electron chi connectivity index (χ4n) is 2.60. The van der Waals surface area contributed by atoms with Crippen LogP contribution in [0.5, 0.6) is 0 Å². The molecule has 0 saturated carbocycles. The van der Waals surface area contributed by atoms with Gasteiger partial charge in [0.2, 0.25) is 0 Å². The van der Waals surface area contributed by atoms with Crippen LogP contribution in [-0.2, 0) is 13.1 Å². The van der Waals surface area contributed by atoms with Crippen molar-refractivity contribution in [3.8, 4) is 0 Å². The van der Waals surface area contributed by atoms with Gasteiger partial charge >= 0.3 is 0 Å². The van der Waals surface area contributed by atoms with E-state index in [9.17, 15) is 4.39 Å². The Balaban J connectivity index is 2.20. The van der Waals surface area contributed by atoms with Gasteiger partial charge in [0, 0.05) is 18.6 Å². The molecule has 94 valence electrons. The van der Waals surface area contributed by atoms with Crippen LogP contribution < -0.4 is 5.73 Å². The van der Waals surface area contributed by atoms with Crippen molar-refractivity contribution in [2.45, 2.75) is 45.3 Å². The van der Waals surface area contributed by atoms with E-state index in [1.54, 1.807) is 12.1 Å². The molecule has 2 nitrogen and oxygen atoms in total. The van der Waals surface area contributed by atoms with Gasteiger partial charge in [0.25, 0.3) is 0 Å². The summed E-state index contributed by atoms with van der Waals surface area (Å²) in [4.78, 5) is 2.42. The molecule has 0 radical (unpaired) electrons. The average molecular weight is 236 g/mol. The standard InChI is InChI=1S/C14H21FN2/c1-14(2)6-3-7-17(14)10-12-8-13(15)5-4-11(12)9-16/h4-5,8H,3,6-7,9-10,16H2,1-2H3. The van der Waals surface area contributed by atoms with E-state index in [-0.39, 0.29) is 11.4 Å². The Morgan fingerprint density at radius 2 is 2.12 bits per heavy atom. The molecule has 0 unspecified atom stereocenters. The molecule has 0 atom stereocenters. The SMILES string of the molecule is CC1(C)CCCN1Cc1cc(F)ccc1CN. The fraction of sp³-hybridized carbons (Fsp3) is 0.571. The van der Waals surface area contributed by atoms with Crippen LogP contribution in [-0.4, -0.2) is 17.0 Å². The molecule has 2 N–H and O–H groups in total. The first-order valence-corrected chi connectivity index (χ1v) is 6.25. The van der Waals surface area contributed by atoms with Crippen LogP contribution in [0.3, 0.4) is 0 Å². The second-order valence-corrected chi connectivity index (χ2v) is 5.45. The van der Waals surface area contributed by atoms with Crippen molar-refractivity contribution in [3.63, 3.8) is 0 Å². The predicted molar refractivity (Wildman–Crippen MR) is 68.0 cm³/mol. The van der Waals surface area contributed by atoms with Crippen molar-refractivity contribution in [3.05, 3.63) is 35.1 Å². The van der Waals surface area contributed by atoms with Crippen molar-refractivity contribution in [1.82, 2.24) is 4.90 Å². The number of benzene rings is 1. The van der Waals surface area contributed by atoms with E-state index in [0.29, 0.717) is 6.54 Å². The molecule has 1 aromatic carbocycles. The van der Waals surface area contributed by atoms with E-state index in [1.807, 2.05) is 0 Å². The third-order valence-electron chi connectivity index (χ3n) is 3.82. The lowest BCUT2D eigenvalue weighted by atomic mass is 10.0. The van der Waals surface area contributed by atoms with E-state index >= 15 is 0 Å². The lowest BCUT2D eigenvalue weighted by Gasteiger charge is -2.32. The molecule has 17 heavy (non-hydrogen) atoms. The van der Waals surface area contributed by atoms with Crippen LogP contribution in [0.1, 0.15) is 37.8 Å². The van der Waals surface area contributed by atoms with Crippen LogP contribution in [0.2, 0.25) is 0 Å². The van der Waals surface area contributed by atoms with Crippen molar-refractivity contribution in [1.29, 1.82) is 0 Å². The third-order valence-corrected chi connectivity index (χ3v) is 3.82. The molecule has 0 spiro atoms. The van der Waals surface area contributed by atoms with Gasteiger partial charge < -0.3 is 5.73 Å². The van der Waals surface area contributed by atoms with Gasteiger partial charge in [0.1, 0.15) is 5.82 Å². The molecule has 0 amide bonds. The van der Waals surface area contributed by atoms with Gasteiger partial charge in [-0.3, -0.25) is 4.90 Å². The maximum Gasteiger partial charge on any atom is 0.123 e. The Morgan fingerprint density at radius 3 is 2.71 bits per heavy atom. The highest BCUT2D eigenvalue weighted by atomic mass is 19.1. The number of hydrogen-bond donors (Lipinski definition) is 1. The summed E-state index contributed by atoms with van der Waals surface area (Å²) in [5.74, 6) is -0.172. The summed E-state index contributed by atoms with van der Waals surface area (Å²) in [6.45, 7) is 6.87. The number of rotatable bonds is 3. The summed E-state index contributed by atoms with van der Waals surface area (Å²) in [5.41, 5.74) is 8.00. The van der Waals surface area contributed by atoms with E-state index in [1.165, 1.54) is 18.9 Å². The second kappa shape index (κ2) is 4.75. The summed E-state index contributed by atoms with van der Waals surface area (Å²) in [6, 6.07) is 4.91. The van der Waals surface area contributed by atoms with Crippen LogP contribution >= 0.6 is 0 Å². The van der Waals surface area contributed by atoms with Gasteiger partial charge in [0.15, 0.2) is 0 Å². The highest BCUT2D eigenvalue weighted by Crippen LogP contribution is 2.30. The predicted octanol–water partition coefficient (Wildman–Crippen LogP) is 2.66. The number of halogens is 1. The van der Waals surface area contributed by atoms with Gasteiger partial charge in [-0.15, -0.1) is 0 Å². The van der Waals surface area contributed by atoms with Crippen molar-refractivity contribution < 1.29 is 4.39 Å². The maximum absolute atomic E-state index is 13.3. The van der Waals surface area contributed by atoms with Gasteiger partial charge in [0.05, 0.1) is 0 Å². The maximum atomic E-state index is 13.3. The summed E-state index contributed by atoms with van der Waals surface area (Å²) in [6.07, 6.45) is 2.43. The Bertz CT molecular complexity index is 401. The highest BCUT2D eigenvalue weighted by Gasteiger charge is 2.31. The van der Waals surface area contributed by atoms with Gasteiger partial charge in [-0.2, -0.15) is 0 Å². The van der Waals surface area contributed by atoms with Crippen molar-refractivity contribution in [2.75, 3.05) is 6.54 Å². The van der Waals surface area contributed by atoms with Crippen molar-refractivity contribution >= 4 is 0 Å². The van der Waals surface area contributed by atoms with Gasteiger partial charge in [-0.05, 0) is 56.5 Å². The van der Waals surface area contributed by atoms with Crippen LogP contribution in [0, 0.1) is 5.82 Å². The summed E-state index contributed by atoms with van der Waals surface area (Å²) in [5, 5.41) is 0. The molecule has 1 aromatic rings. The molecule has 1 saturated heterocycles. The minimum atomic E-state index is -0.172. The molecule has 1 fully saturated rings. The molecule has 0 bridgehead atoms. The first-order chi connectivity index (χ1) is 8.03. The quantitative estimate of drug-likeness (QED) is 0.874. The monoisotopic (exact) mass is 236 g/mol. The summed E-state index contributed by atoms with van der Waals surface area (Å²) < 4.78 is 13.3. The largest absolute Gasteiger partial charge is 0.326 e. The Morgan fingerprint density at radius 1 is 1.35 bits per heavy atom. The zero-order valence-electron chi connectivity index (χ0n) is 10.7. The van der Waals surface area contributed by atoms with Crippen LogP contribution in [0.4, 0.5) is 4.39 Å². The summed E-state index contributed by atoms with van der Waals surface area (Å²) in [7, 11) is 0. The minimum Gasteiger partial charge on any atom is -0.326 e. The Hall–Kier alpha value is -0.930. The molecular formula is C14H21FN2. The first-order valence-electron chi connectivity index (χ1n) is 6.25. The number of likely N-dealkylation sites (tertiary alicyclic amines) is 1. The lowest BCUT2D eigenvalue weighted by Crippen LogP contribution is -2.37. The second-order valence-electron chi connectivity index (χ2n) is 5.45. The molecule has 2 rings (SSSR count). The molecule has 0 aromatic heterocycles. The number of nitrogens with two attached hydrogens (primary N) is 1. The Labute approximate surface area is 103 Å². The first kappa shape index (κ1) is 12.5. The topological polar surface area (TPSA) is 29.3 Å². The average Bonchev–Trinajstić information content (AvgIpc) is 2.59. The lowest BCUT2D eigenvalue weighted by molar-refractivity contribution is 0.166. The molecule has 3 heteroatoms. The van der Waals surface area contributed by atoms with E-state index in [4.69, 9.17) is 5.73 Å². The van der Waals surface area contributed by atoms with E-state index in [2.05, 4.69) is 18.7 Å². The number of hydrogen-bond acceptors (Lipinski definition) is 2. The smallest absolute Gasteiger partial charge is 0.123 e. The van der Waals surface area contributed by atoms with E-state index < -0.39 is 0 Å². The van der Waals surface area contributed by atoms with Crippen molar-refractivity contribution in [2.24, 2.45) is 5.73 Å². The fourth-order valence-corrected chi connectivity index (χ4v) is 2.60. The number of nitrogens with zero attached hydrogens (tertiary/aromatic N) is 1. The molecule has 0 aliphatic carbocycles. The zero-order valence-corrected chi connectivity index (χ0v) is 10.7. The zero-order chi connectivity index (χ0) is 12.5. The van der Waals surface area contributed by atoms with Gasteiger partial charge in [-0.25, -0.2) is 4.39 Å². The third kappa shape index (κ3) is 2.67. The molecule has 1 aliphatic rings. The van der Waals surface area contributed by atoms with Crippen LogP contribution in [0.25, 0.3) is 0 Å². The van der Waals surface area contributed by atoms with Crippen LogP contribution in [0.15, 0.2) is 18.2 Å². The summed E-state index contributed by atoms with van der Waals surface area (Å²) >= 11 is 0. The highest BCUT2D eigenvalue weighted by molar-refractivity contribution is 5.28. The minimum absolute atomic E-state index is 0.172. The van der Waals surface area contributed by atoms with Gasteiger partial charge in [-0.1, -0.05) is 6.07 Å². The molecular weight excluding hydrogens is 215 g/mol. The Kier molecular flexibility index (Phi) is 3.50. The normalized spacial score (nSPS) is 19.8. The van der Waals surface area contributed by atoms with E-state index in [0.717, 1.165) is 24.2 Å².